The monoisotopic (exact) mass is 253 g/mol. The molecule has 0 radical (unpaired) electrons. The third-order valence-electron chi connectivity index (χ3n) is 6.28. The summed E-state index contributed by atoms with van der Waals surface area (Å²) in [7, 11) is 0. The summed E-state index contributed by atoms with van der Waals surface area (Å²) < 4.78 is 0. The first-order valence-corrected chi connectivity index (χ1v) is 6.95. The fourth-order valence-electron chi connectivity index (χ4n) is 5.23. The molecule has 5 rings (SSSR count). The van der Waals surface area contributed by atoms with E-state index in [1.807, 2.05) is 6.07 Å². The summed E-state index contributed by atoms with van der Waals surface area (Å²) in [4.78, 5) is 14.9. The van der Waals surface area contributed by atoms with E-state index in [4.69, 9.17) is 0 Å². The number of aromatic amines is 1. The van der Waals surface area contributed by atoms with Crippen LogP contribution in [0.2, 0.25) is 0 Å². The van der Waals surface area contributed by atoms with Crippen LogP contribution in [-0.2, 0) is 10.2 Å². The minimum atomic E-state index is -0.563. The second-order valence-corrected chi connectivity index (χ2v) is 6.65. The highest BCUT2D eigenvalue weighted by Crippen LogP contribution is 2.94. The number of aromatic nitrogens is 1. The lowest BCUT2D eigenvalue weighted by molar-refractivity contribution is -0.144. The van der Waals surface area contributed by atoms with Crippen molar-refractivity contribution in [2.24, 2.45) is 10.8 Å². The van der Waals surface area contributed by atoms with Crippen molar-refractivity contribution < 1.29 is 9.90 Å². The number of para-hydroxylation sites is 1. The van der Waals surface area contributed by atoms with Crippen LogP contribution in [0.5, 0.6) is 0 Å². The number of aliphatic carboxylic acids is 1. The Morgan fingerprint density at radius 1 is 1.21 bits per heavy atom. The minimum Gasteiger partial charge on any atom is -0.481 e. The number of benzene rings is 1. The molecule has 0 aliphatic heterocycles. The van der Waals surface area contributed by atoms with Crippen LogP contribution in [0.1, 0.15) is 31.2 Å². The van der Waals surface area contributed by atoms with E-state index in [0.29, 0.717) is 0 Å². The van der Waals surface area contributed by atoms with Gasteiger partial charge in [-0.2, -0.15) is 0 Å². The second-order valence-electron chi connectivity index (χ2n) is 6.65. The second kappa shape index (κ2) is 2.58. The first-order chi connectivity index (χ1) is 9.15. The van der Waals surface area contributed by atoms with Gasteiger partial charge in [0.05, 0.1) is 5.41 Å². The molecule has 1 heterocycles. The number of carboxylic acid groups (broad SMARTS) is 1. The molecule has 1 aromatic carbocycles. The lowest BCUT2D eigenvalue weighted by atomic mass is 9.90. The minimum absolute atomic E-state index is 0.0940. The van der Waals surface area contributed by atoms with Gasteiger partial charge in [0.15, 0.2) is 0 Å². The number of carboxylic acids is 1. The Morgan fingerprint density at radius 3 is 2.74 bits per heavy atom. The van der Waals surface area contributed by atoms with E-state index in [1.54, 1.807) is 0 Å². The van der Waals surface area contributed by atoms with Crippen molar-refractivity contribution in [3.63, 3.8) is 0 Å². The van der Waals surface area contributed by atoms with E-state index < -0.39 is 5.97 Å². The topological polar surface area (TPSA) is 53.1 Å². The molecule has 0 saturated heterocycles. The van der Waals surface area contributed by atoms with Crippen LogP contribution in [0.25, 0.3) is 10.9 Å². The van der Waals surface area contributed by atoms with Crippen molar-refractivity contribution in [3.8, 4) is 0 Å². The lowest BCUT2D eigenvalue weighted by Gasteiger charge is -2.12. The predicted molar refractivity (Wildman–Crippen MR) is 70.9 cm³/mol. The zero-order valence-electron chi connectivity index (χ0n) is 10.6. The molecule has 0 bridgehead atoms. The van der Waals surface area contributed by atoms with Crippen LogP contribution in [0.15, 0.2) is 30.5 Å². The van der Waals surface area contributed by atoms with Gasteiger partial charge >= 0.3 is 5.97 Å². The van der Waals surface area contributed by atoms with E-state index in [1.165, 1.54) is 16.5 Å². The molecular formula is C16H15NO2. The maximum atomic E-state index is 11.6. The molecule has 3 nitrogen and oxygen atoms in total. The number of rotatable bonds is 2. The van der Waals surface area contributed by atoms with Crippen molar-refractivity contribution in [2.45, 2.75) is 31.1 Å². The normalized spacial score (nSPS) is 41.9. The molecule has 3 saturated carbocycles. The molecule has 3 aliphatic rings. The Bertz CT molecular complexity index is 740. The molecule has 96 valence electrons. The van der Waals surface area contributed by atoms with Crippen LogP contribution in [-0.4, -0.2) is 16.1 Å². The van der Waals surface area contributed by atoms with E-state index in [2.05, 4.69) is 29.4 Å². The first kappa shape index (κ1) is 10.1. The van der Waals surface area contributed by atoms with E-state index in [-0.39, 0.29) is 16.2 Å². The smallest absolute Gasteiger partial charge is 0.310 e. The zero-order valence-corrected chi connectivity index (χ0v) is 10.6. The molecule has 3 fully saturated rings. The lowest BCUT2D eigenvalue weighted by Crippen LogP contribution is -2.15. The summed E-state index contributed by atoms with van der Waals surface area (Å²) in [6, 6.07) is 8.36. The molecule has 3 heteroatoms. The number of H-pyrrole nitrogens is 1. The standard InChI is InChI=1S/C16H15NO2/c18-13(19)15-6-5-14(8-16(14,15)9-15)11-7-17-12-4-2-1-3-10(11)12/h1-4,7,17H,5-6,8-9H2,(H,18,19). The van der Waals surface area contributed by atoms with Crippen molar-refractivity contribution in [3.05, 3.63) is 36.0 Å². The van der Waals surface area contributed by atoms with Crippen LogP contribution in [0, 0.1) is 10.8 Å². The Kier molecular flexibility index (Phi) is 1.37. The third-order valence-corrected chi connectivity index (χ3v) is 6.28. The van der Waals surface area contributed by atoms with E-state index >= 15 is 0 Å². The van der Waals surface area contributed by atoms with Gasteiger partial charge < -0.3 is 10.1 Å². The number of carbonyl (C=O) groups is 1. The summed E-state index contributed by atoms with van der Waals surface area (Å²) in [5.74, 6) is -0.563. The molecule has 2 aromatic rings. The fourth-order valence-corrected chi connectivity index (χ4v) is 5.23. The molecule has 3 atom stereocenters. The van der Waals surface area contributed by atoms with Gasteiger partial charge in [-0.25, -0.2) is 0 Å². The van der Waals surface area contributed by atoms with Gasteiger partial charge in [-0.15, -0.1) is 0 Å². The Hall–Kier alpha value is -1.77. The number of fused-ring (bicyclic) bond motifs is 1. The Morgan fingerprint density at radius 2 is 2.05 bits per heavy atom. The van der Waals surface area contributed by atoms with E-state index in [0.717, 1.165) is 25.7 Å². The Labute approximate surface area is 110 Å². The largest absolute Gasteiger partial charge is 0.481 e. The third kappa shape index (κ3) is 0.822. The van der Waals surface area contributed by atoms with Crippen LogP contribution < -0.4 is 0 Å². The van der Waals surface area contributed by atoms with Gasteiger partial charge in [-0.05, 0) is 42.7 Å². The maximum absolute atomic E-state index is 11.6. The first-order valence-electron chi connectivity index (χ1n) is 6.95. The molecule has 3 aliphatic carbocycles. The highest BCUT2D eigenvalue weighted by molar-refractivity contribution is 5.89. The molecular weight excluding hydrogens is 238 g/mol. The molecule has 3 unspecified atom stereocenters. The number of hydrogen-bond donors (Lipinski definition) is 2. The summed E-state index contributed by atoms with van der Waals surface area (Å²) in [6.45, 7) is 0. The Balaban J connectivity index is 1.69. The van der Waals surface area contributed by atoms with Crippen LogP contribution in [0.3, 0.4) is 0 Å². The van der Waals surface area contributed by atoms with Gasteiger partial charge in [0.2, 0.25) is 0 Å². The molecule has 0 amide bonds. The van der Waals surface area contributed by atoms with Crippen molar-refractivity contribution >= 4 is 16.9 Å². The van der Waals surface area contributed by atoms with Gasteiger partial charge in [-0.1, -0.05) is 18.2 Å². The quantitative estimate of drug-likeness (QED) is 0.864. The maximum Gasteiger partial charge on any atom is 0.310 e. The number of nitrogens with one attached hydrogen (secondary N) is 1. The van der Waals surface area contributed by atoms with E-state index in [9.17, 15) is 9.90 Å². The summed E-state index contributed by atoms with van der Waals surface area (Å²) >= 11 is 0. The average molecular weight is 253 g/mol. The highest BCUT2D eigenvalue weighted by atomic mass is 16.4. The predicted octanol–water partition coefficient (Wildman–Crippen LogP) is 3.06. The molecule has 1 aromatic heterocycles. The van der Waals surface area contributed by atoms with Crippen molar-refractivity contribution in [1.82, 2.24) is 4.98 Å². The van der Waals surface area contributed by atoms with Crippen molar-refractivity contribution in [2.75, 3.05) is 0 Å². The average Bonchev–Trinajstić information content (AvgIpc) is 3.17. The summed E-state index contributed by atoms with van der Waals surface area (Å²) in [5, 5.41) is 10.8. The van der Waals surface area contributed by atoms with Crippen LogP contribution in [0.4, 0.5) is 0 Å². The van der Waals surface area contributed by atoms with Gasteiger partial charge in [-0.3, -0.25) is 4.79 Å². The van der Waals surface area contributed by atoms with Crippen LogP contribution >= 0.6 is 0 Å². The van der Waals surface area contributed by atoms with Gasteiger partial charge in [0.25, 0.3) is 0 Å². The van der Waals surface area contributed by atoms with Gasteiger partial charge in [0.1, 0.15) is 0 Å². The number of hydrogen-bond acceptors (Lipinski definition) is 1. The SMILES string of the molecule is O=C(O)C12CCC3(c4c[nH]c5ccccc45)CC13C2. The molecule has 1 spiro atoms. The zero-order chi connectivity index (χ0) is 12.9. The highest BCUT2D eigenvalue weighted by Gasteiger charge is 2.93. The van der Waals surface area contributed by atoms with Crippen molar-refractivity contribution in [1.29, 1.82) is 0 Å². The van der Waals surface area contributed by atoms with Gasteiger partial charge in [0, 0.05) is 22.5 Å². The molecule has 19 heavy (non-hydrogen) atoms. The summed E-state index contributed by atoms with van der Waals surface area (Å²) in [6.07, 6.45) is 6.00. The fraction of sp³-hybridized carbons (Fsp3) is 0.438. The molecule has 2 N–H and O–H groups in total. The summed E-state index contributed by atoms with van der Waals surface area (Å²) in [5.41, 5.74) is 2.40.